The van der Waals surface area contributed by atoms with Gasteiger partial charge in [0, 0.05) is 38.8 Å². The van der Waals surface area contributed by atoms with Gasteiger partial charge in [0.05, 0.1) is 0 Å². The number of halogens is 1. The Hall–Kier alpha value is -0.580. The van der Waals surface area contributed by atoms with Crippen LogP contribution in [0.1, 0.15) is 0 Å². The van der Waals surface area contributed by atoms with Gasteiger partial charge in [0.25, 0.3) is 0 Å². The fraction of sp³-hybridized carbons (Fsp3) is 0.727. The van der Waals surface area contributed by atoms with E-state index in [1.807, 2.05) is 30.0 Å². The Labute approximate surface area is 104 Å². The second-order valence-electron chi connectivity index (χ2n) is 4.29. The minimum Gasteiger partial charge on any atom is -0.337 e. The molecule has 4 nitrogen and oxygen atoms in total. The molecule has 1 heterocycles. The number of carbonyl (C=O) groups excluding carboxylic acids is 1. The first kappa shape index (κ1) is 15.4. The minimum atomic E-state index is 0. The lowest BCUT2D eigenvalue weighted by Crippen LogP contribution is -2.46. The van der Waals surface area contributed by atoms with Crippen molar-refractivity contribution in [2.45, 2.75) is 0 Å². The molecule has 1 aliphatic heterocycles. The molecule has 0 atom stereocenters. The van der Waals surface area contributed by atoms with Gasteiger partial charge in [0.1, 0.15) is 0 Å². The highest BCUT2D eigenvalue weighted by Gasteiger charge is 2.16. The molecule has 94 valence electrons. The number of piperazine rings is 1. The van der Waals surface area contributed by atoms with Crippen molar-refractivity contribution in [1.82, 2.24) is 14.7 Å². The number of carbonyl (C=O) groups is 1. The molecular weight excluding hydrogens is 226 g/mol. The maximum absolute atomic E-state index is 11.7. The zero-order valence-corrected chi connectivity index (χ0v) is 11.2. The lowest BCUT2D eigenvalue weighted by molar-refractivity contribution is -0.127. The van der Waals surface area contributed by atoms with Crippen molar-refractivity contribution in [3.05, 3.63) is 12.2 Å². The second-order valence-corrected chi connectivity index (χ2v) is 4.29. The van der Waals surface area contributed by atoms with Crippen LogP contribution in [0, 0.1) is 0 Å². The molecule has 0 aromatic heterocycles. The Balaban J connectivity index is 0.00000225. The molecule has 1 saturated heterocycles. The summed E-state index contributed by atoms with van der Waals surface area (Å²) in [5, 5.41) is 0. The van der Waals surface area contributed by atoms with Gasteiger partial charge in [-0.1, -0.05) is 6.08 Å². The normalized spacial score (nSPS) is 17.9. The van der Waals surface area contributed by atoms with Crippen LogP contribution in [-0.2, 0) is 4.79 Å². The van der Waals surface area contributed by atoms with Crippen LogP contribution >= 0.6 is 12.4 Å². The lowest BCUT2D eigenvalue weighted by Gasteiger charge is -2.31. The largest absolute Gasteiger partial charge is 0.337 e. The summed E-state index contributed by atoms with van der Waals surface area (Å²) in [7, 11) is 6.07. The van der Waals surface area contributed by atoms with Gasteiger partial charge in [-0.15, -0.1) is 12.4 Å². The van der Waals surface area contributed by atoms with Gasteiger partial charge in [-0.25, -0.2) is 0 Å². The highest BCUT2D eigenvalue weighted by Crippen LogP contribution is 2.00. The van der Waals surface area contributed by atoms with Gasteiger partial charge in [-0.3, -0.25) is 4.79 Å². The van der Waals surface area contributed by atoms with Gasteiger partial charge in [-0.2, -0.15) is 0 Å². The fourth-order valence-corrected chi connectivity index (χ4v) is 1.50. The minimum absolute atomic E-state index is 0. The number of hydrogen-bond donors (Lipinski definition) is 0. The first-order chi connectivity index (χ1) is 7.09. The summed E-state index contributed by atoms with van der Waals surface area (Å²) in [6.07, 6.45) is 3.60. The first-order valence-electron chi connectivity index (χ1n) is 5.38. The number of hydrogen-bond acceptors (Lipinski definition) is 3. The van der Waals surface area contributed by atoms with Crippen molar-refractivity contribution in [3.63, 3.8) is 0 Å². The summed E-state index contributed by atoms with van der Waals surface area (Å²) >= 11 is 0. The third-order valence-electron chi connectivity index (χ3n) is 2.55. The Morgan fingerprint density at radius 3 is 2.31 bits per heavy atom. The Morgan fingerprint density at radius 1 is 1.25 bits per heavy atom. The van der Waals surface area contributed by atoms with Crippen LogP contribution < -0.4 is 0 Å². The van der Waals surface area contributed by atoms with Gasteiger partial charge in [-0.05, 0) is 21.1 Å². The van der Waals surface area contributed by atoms with Crippen LogP contribution in [0.15, 0.2) is 12.2 Å². The SMILES string of the molecule is CN(C)C/C=C/C(=O)N1CCN(C)CC1.Cl. The predicted molar refractivity (Wildman–Crippen MR) is 69.0 cm³/mol. The van der Waals surface area contributed by atoms with E-state index < -0.39 is 0 Å². The molecule has 0 radical (unpaired) electrons. The molecule has 0 spiro atoms. The Bertz CT molecular complexity index is 235. The van der Waals surface area contributed by atoms with Crippen LogP contribution in [-0.4, -0.2) is 74.5 Å². The van der Waals surface area contributed by atoms with E-state index in [2.05, 4.69) is 11.9 Å². The van der Waals surface area contributed by atoms with E-state index >= 15 is 0 Å². The molecular formula is C11H22ClN3O. The Kier molecular flexibility index (Phi) is 7.38. The summed E-state index contributed by atoms with van der Waals surface area (Å²) in [5.74, 6) is 0.143. The molecule has 0 unspecified atom stereocenters. The van der Waals surface area contributed by atoms with Crippen molar-refractivity contribution in [2.24, 2.45) is 0 Å². The van der Waals surface area contributed by atoms with Gasteiger partial charge >= 0.3 is 0 Å². The summed E-state index contributed by atoms with van der Waals surface area (Å²) in [4.78, 5) is 17.9. The monoisotopic (exact) mass is 247 g/mol. The molecule has 1 amide bonds. The molecule has 1 fully saturated rings. The molecule has 1 aliphatic rings. The molecule has 0 N–H and O–H groups in total. The van der Waals surface area contributed by atoms with Crippen LogP contribution in [0.2, 0.25) is 0 Å². The number of likely N-dealkylation sites (N-methyl/N-ethyl adjacent to an activating group) is 2. The quantitative estimate of drug-likeness (QED) is 0.672. The van der Waals surface area contributed by atoms with E-state index in [0.29, 0.717) is 0 Å². The third-order valence-corrected chi connectivity index (χ3v) is 2.55. The van der Waals surface area contributed by atoms with Gasteiger partial charge in [0.15, 0.2) is 0 Å². The molecule has 0 aliphatic carbocycles. The van der Waals surface area contributed by atoms with Crippen LogP contribution in [0.4, 0.5) is 0 Å². The summed E-state index contributed by atoms with van der Waals surface area (Å²) in [5.41, 5.74) is 0. The molecule has 1 rings (SSSR count). The maximum Gasteiger partial charge on any atom is 0.246 e. The standard InChI is InChI=1S/C11H21N3O.ClH/c1-12(2)6-4-5-11(15)14-9-7-13(3)8-10-14;/h4-5H,6-10H2,1-3H3;1H/b5-4+;. The summed E-state index contributed by atoms with van der Waals surface area (Å²) in [6, 6.07) is 0. The zero-order chi connectivity index (χ0) is 11.3. The van der Waals surface area contributed by atoms with Gasteiger partial charge in [0.2, 0.25) is 5.91 Å². The molecule has 16 heavy (non-hydrogen) atoms. The van der Waals surface area contributed by atoms with E-state index in [1.54, 1.807) is 6.08 Å². The first-order valence-corrected chi connectivity index (χ1v) is 5.38. The smallest absolute Gasteiger partial charge is 0.246 e. The number of nitrogens with zero attached hydrogens (tertiary/aromatic N) is 3. The molecule has 5 heteroatoms. The zero-order valence-electron chi connectivity index (χ0n) is 10.3. The van der Waals surface area contributed by atoms with E-state index in [0.717, 1.165) is 32.7 Å². The lowest BCUT2D eigenvalue weighted by atomic mass is 10.3. The number of amides is 1. The second kappa shape index (κ2) is 7.65. The summed E-state index contributed by atoms with van der Waals surface area (Å²) < 4.78 is 0. The topological polar surface area (TPSA) is 26.8 Å². The highest BCUT2D eigenvalue weighted by molar-refractivity contribution is 5.87. The fourth-order valence-electron chi connectivity index (χ4n) is 1.50. The average Bonchev–Trinajstić information content (AvgIpc) is 2.18. The maximum atomic E-state index is 11.7. The van der Waals surface area contributed by atoms with Crippen molar-refractivity contribution in [2.75, 3.05) is 53.9 Å². The average molecular weight is 248 g/mol. The highest BCUT2D eigenvalue weighted by atomic mass is 35.5. The van der Waals surface area contributed by atoms with Crippen LogP contribution in [0.25, 0.3) is 0 Å². The van der Waals surface area contributed by atoms with Crippen molar-refractivity contribution < 1.29 is 4.79 Å². The van der Waals surface area contributed by atoms with Crippen LogP contribution in [0.5, 0.6) is 0 Å². The third kappa shape index (κ3) is 5.49. The molecule has 0 aromatic rings. The number of rotatable bonds is 3. The van der Waals surface area contributed by atoms with Crippen LogP contribution in [0.3, 0.4) is 0 Å². The molecule has 0 aromatic carbocycles. The van der Waals surface area contributed by atoms with E-state index in [9.17, 15) is 4.79 Å². The van der Waals surface area contributed by atoms with Crippen molar-refractivity contribution in [1.29, 1.82) is 0 Å². The molecule has 0 saturated carbocycles. The van der Waals surface area contributed by atoms with Crippen molar-refractivity contribution in [3.8, 4) is 0 Å². The predicted octanol–water partition coefficient (Wildman–Crippen LogP) is 0.300. The van der Waals surface area contributed by atoms with E-state index in [1.165, 1.54) is 0 Å². The molecule has 0 bridgehead atoms. The van der Waals surface area contributed by atoms with E-state index in [4.69, 9.17) is 0 Å². The van der Waals surface area contributed by atoms with E-state index in [-0.39, 0.29) is 18.3 Å². The van der Waals surface area contributed by atoms with Gasteiger partial charge < -0.3 is 14.7 Å². The van der Waals surface area contributed by atoms with Crippen molar-refractivity contribution >= 4 is 18.3 Å². The Morgan fingerprint density at radius 2 is 1.81 bits per heavy atom. The summed E-state index contributed by atoms with van der Waals surface area (Å²) in [6.45, 7) is 4.48.